The Hall–Kier alpha value is -1.32. The van der Waals surface area contributed by atoms with Crippen LogP contribution in [0.1, 0.15) is 19.8 Å². The first kappa shape index (κ1) is 9.68. The van der Waals surface area contributed by atoms with Crippen LogP contribution in [0.25, 0.3) is 0 Å². The van der Waals surface area contributed by atoms with Gasteiger partial charge in [0, 0.05) is 0 Å². The highest BCUT2D eigenvalue weighted by atomic mass is 16.4. The molecule has 0 aliphatic heterocycles. The Kier molecular flexibility index (Phi) is 3.95. The summed E-state index contributed by atoms with van der Waals surface area (Å²) in [7, 11) is 0. The summed E-state index contributed by atoms with van der Waals surface area (Å²) in [6.07, 6.45) is 1.20. The second-order valence-electron chi connectivity index (χ2n) is 2.22. The second-order valence-corrected chi connectivity index (χ2v) is 2.22. The molecular formula is C7H10O4. The summed E-state index contributed by atoms with van der Waals surface area (Å²) in [4.78, 5) is 20.1. The Morgan fingerprint density at radius 1 is 1.27 bits per heavy atom. The maximum Gasteiger partial charge on any atom is 0.307 e. The number of hydrogen-bond donors (Lipinski definition) is 2. The van der Waals surface area contributed by atoms with Crippen LogP contribution in [-0.2, 0) is 9.59 Å². The molecule has 0 rings (SSSR count). The van der Waals surface area contributed by atoms with Crippen molar-refractivity contribution in [2.24, 2.45) is 0 Å². The van der Waals surface area contributed by atoms with Gasteiger partial charge in [0.1, 0.15) is 0 Å². The minimum atomic E-state index is -0.949. The number of rotatable bonds is 4. The number of aliphatic carboxylic acids is 2. The summed E-state index contributed by atoms with van der Waals surface area (Å²) < 4.78 is 0. The van der Waals surface area contributed by atoms with E-state index in [4.69, 9.17) is 10.2 Å². The van der Waals surface area contributed by atoms with Gasteiger partial charge in [-0.1, -0.05) is 11.6 Å². The van der Waals surface area contributed by atoms with Gasteiger partial charge in [-0.25, -0.2) is 0 Å². The lowest BCUT2D eigenvalue weighted by atomic mass is 10.2. The van der Waals surface area contributed by atoms with Crippen molar-refractivity contribution in [2.45, 2.75) is 19.8 Å². The van der Waals surface area contributed by atoms with E-state index in [0.717, 1.165) is 0 Å². The molecule has 0 saturated heterocycles. The third-order valence-corrected chi connectivity index (χ3v) is 1.06. The molecule has 0 amide bonds. The Morgan fingerprint density at radius 2 is 1.82 bits per heavy atom. The SMILES string of the molecule is C/C(=C\CC(=O)O)CC(=O)O. The highest BCUT2D eigenvalue weighted by Crippen LogP contribution is 2.00. The van der Waals surface area contributed by atoms with E-state index < -0.39 is 11.9 Å². The van der Waals surface area contributed by atoms with Gasteiger partial charge in [-0.15, -0.1) is 0 Å². The van der Waals surface area contributed by atoms with Crippen LogP contribution in [-0.4, -0.2) is 22.2 Å². The number of hydrogen-bond acceptors (Lipinski definition) is 2. The maximum atomic E-state index is 10.1. The van der Waals surface area contributed by atoms with E-state index in [1.165, 1.54) is 6.08 Å². The highest BCUT2D eigenvalue weighted by molar-refractivity contribution is 5.71. The fourth-order valence-electron chi connectivity index (χ4n) is 0.572. The van der Waals surface area contributed by atoms with Gasteiger partial charge in [0.15, 0.2) is 0 Å². The molecule has 62 valence electrons. The molecule has 4 nitrogen and oxygen atoms in total. The Bertz CT molecular complexity index is 193. The van der Waals surface area contributed by atoms with Crippen LogP contribution in [0.3, 0.4) is 0 Å². The largest absolute Gasteiger partial charge is 0.481 e. The molecule has 0 bridgehead atoms. The first-order chi connectivity index (χ1) is 5.02. The van der Waals surface area contributed by atoms with Crippen molar-refractivity contribution in [1.29, 1.82) is 0 Å². The molecule has 0 aliphatic rings. The van der Waals surface area contributed by atoms with Crippen LogP contribution >= 0.6 is 0 Å². The van der Waals surface area contributed by atoms with Gasteiger partial charge in [0.05, 0.1) is 12.8 Å². The van der Waals surface area contributed by atoms with Crippen molar-refractivity contribution >= 4 is 11.9 Å². The van der Waals surface area contributed by atoms with Crippen molar-refractivity contribution in [3.8, 4) is 0 Å². The van der Waals surface area contributed by atoms with E-state index in [-0.39, 0.29) is 12.8 Å². The average molecular weight is 158 g/mol. The monoisotopic (exact) mass is 158 g/mol. The molecule has 2 N–H and O–H groups in total. The second kappa shape index (κ2) is 4.49. The summed E-state index contributed by atoms with van der Waals surface area (Å²) in [6, 6.07) is 0. The van der Waals surface area contributed by atoms with Gasteiger partial charge in [0.2, 0.25) is 0 Å². The molecule has 0 aromatic rings. The van der Waals surface area contributed by atoms with E-state index in [1.54, 1.807) is 6.92 Å². The van der Waals surface area contributed by atoms with Gasteiger partial charge in [-0.3, -0.25) is 9.59 Å². The molecule has 0 unspecified atom stereocenters. The first-order valence-corrected chi connectivity index (χ1v) is 3.11. The lowest BCUT2D eigenvalue weighted by molar-refractivity contribution is -0.137. The van der Waals surface area contributed by atoms with Gasteiger partial charge in [0.25, 0.3) is 0 Å². The van der Waals surface area contributed by atoms with Crippen molar-refractivity contribution in [3.05, 3.63) is 11.6 Å². The third-order valence-electron chi connectivity index (χ3n) is 1.06. The van der Waals surface area contributed by atoms with Crippen LogP contribution in [0, 0.1) is 0 Å². The van der Waals surface area contributed by atoms with E-state index >= 15 is 0 Å². The molecule has 0 fully saturated rings. The molecule has 0 saturated carbocycles. The molecular weight excluding hydrogens is 148 g/mol. The molecule has 0 atom stereocenters. The van der Waals surface area contributed by atoms with Crippen LogP contribution in [0.15, 0.2) is 11.6 Å². The number of carbonyl (C=O) groups is 2. The summed E-state index contributed by atoms with van der Waals surface area (Å²) in [5.74, 6) is -1.89. The smallest absolute Gasteiger partial charge is 0.307 e. The third kappa shape index (κ3) is 6.57. The van der Waals surface area contributed by atoms with Gasteiger partial charge >= 0.3 is 11.9 Å². The van der Waals surface area contributed by atoms with Crippen molar-refractivity contribution in [3.63, 3.8) is 0 Å². The standard InChI is InChI=1S/C7H10O4/c1-5(4-7(10)11)2-3-6(8)9/h2H,3-4H2,1H3,(H,8,9)(H,10,11)/b5-2+. The van der Waals surface area contributed by atoms with Crippen LogP contribution < -0.4 is 0 Å². The quantitative estimate of drug-likeness (QED) is 0.595. The van der Waals surface area contributed by atoms with Crippen molar-refractivity contribution in [2.75, 3.05) is 0 Å². The fraction of sp³-hybridized carbons (Fsp3) is 0.429. The number of carboxylic acid groups (broad SMARTS) is 2. The molecule has 0 aliphatic carbocycles. The fourth-order valence-corrected chi connectivity index (χ4v) is 0.572. The Balaban J connectivity index is 3.81. The van der Waals surface area contributed by atoms with Crippen molar-refractivity contribution in [1.82, 2.24) is 0 Å². The summed E-state index contributed by atoms with van der Waals surface area (Å²) in [6.45, 7) is 1.59. The maximum absolute atomic E-state index is 10.1. The topological polar surface area (TPSA) is 74.6 Å². The van der Waals surface area contributed by atoms with E-state index in [0.29, 0.717) is 5.57 Å². The Labute approximate surface area is 64.2 Å². The zero-order valence-corrected chi connectivity index (χ0v) is 6.20. The van der Waals surface area contributed by atoms with Crippen LogP contribution in [0.5, 0.6) is 0 Å². The molecule has 0 radical (unpaired) electrons. The van der Waals surface area contributed by atoms with E-state index in [2.05, 4.69) is 0 Å². The average Bonchev–Trinajstić information content (AvgIpc) is 1.82. The Morgan fingerprint density at radius 3 is 2.18 bits per heavy atom. The zero-order chi connectivity index (χ0) is 8.85. The predicted octanol–water partition coefficient (Wildman–Crippen LogP) is 0.882. The van der Waals surface area contributed by atoms with E-state index in [1.807, 2.05) is 0 Å². The molecule has 0 spiro atoms. The van der Waals surface area contributed by atoms with Crippen LogP contribution in [0.4, 0.5) is 0 Å². The van der Waals surface area contributed by atoms with E-state index in [9.17, 15) is 9.59 Å². The number of carboxylic acids is 2. The van der Waals surface area contributed by atoms with Gasteiger partial charge in [-0.05, 0) is 6.92 Å². The molecule has 0 aromatic heterocycles. The molecule has 4 heteroatoms. The summed E-state index contributed by atoms with van der Waals surface area (Å²) in [5.41, 5.74) is 0.569. The summed E-state index contributed by atoms with van der Waals surface area (Å²) in [5, 5.41) is 16.5. The van der Waals surface area contributed by atoms with Gasteiger partial charge in [-0.2, -0.15) is 0 Å². The minimum absolute atomic E-state index is 0.0900. The molecule has 0 heterocycles. The van der Waals surface area contributed by atoms with Crippen LogP contribution in [0.2, 0.25) is 0 Å². The normalized spacial score (nSPS) is 11.2. The van der Waals surface area contributed by atoms with Crippen molar-refractivity contribution < 1.29 is 19.8 Å². The minimum Gasteiger partial charge on any atom is -0.481 e. The highest BCUT2D eigenvalue weighted by Gasteiger charge is 1.98. The summed E-state index contributed by atoms with van der Waals surface area (Å²) >= 11 is 0. The molecule has 0 aromatic carbocycles. The lowest BCUT2D eigenvalue weighted by Gasteiger charge is -1.93. The first-order valence-electron chi connectivity index (χ1n) is 3.11. The lowest BCUT2D eigenvalue weighted by Crippen LogP contribution is -1.96. The zero-order valence-electron chi connectivity index (χ0n) is 6.20. The predicted molar refractivity (Wildman–Crippen MR) is 38.3 cm³/mol. The van der Waals surface area contributed by atoms with Gasteiger partial charge < -0.3 is 10.2 Å². The molecule has 11 heavy (non-hydrogen) atoms.